The van der Waals surface area contributed by atoms with E-state index in [0.717, 1.165) is 11.3 Å². The smallest absolute Gasteiger partial charge is 0.260 e. The number of aromatic nitrogens is 4. The van der Waals surface area contributed by atoms with Gasteiger partial charge in [0.25, 0.3) is 11.8 Å². The molecule has 1 amide bonds. The fourth-order valence-corrected chi connectivity index (χ4v) is 2.52. The maximum absolute atomic E-state index is 12.4. The summed E-state index contributed by atoms with van der Waals surface area (Å²) in [5.41, 5.74) is 3.33. The minimum absolute atomic E-state index is 0.266. The first-order valence-electron chi connectivity index (χ1n) is 8.28. The highest BCUT2D eigenvalue weighted by Crippen LogP contribution is 2.28. The van der Waals surface area contributed by atoms with Gasteiger partial charge in [0.2, 0.25) is 5.82 Å². The number of carbonyl (C=O) groups is 1. The summed E-state index contributed by atoms with van der Waals surface area (Å²) < 4.78 is 5.41. The summed E-state index contributed by atoms with van der Waals surface area (Å²) in [6.45, 7) is 1.91. The lowest BCUT2D eigenvalue weighted by Gasteiger charge is -2.08. The van der Waals surface area contributed by atoms with E-state index in [2.05, 4.69) is 25.4 Å². The molecule has 7 heteroatoms. The van der Waals surface area contributed by atoms with Crippen molar-refractivity contribution in [3.8, 4) is 22.8 Å². The molecule has 0 fully saturated rings. The Hall–Kier alpha value is -3.87. The molecule has 0 spiro atoms. The molecule has 4 rings (SSSR count). The van der Waals surface area contributed by atoms with Crippen LogP contribution in [-0.4, -0.2) is 26.0 Å². The Balaban J connectivity index is 1.63. The largest absolute Gasteiger partial charge is 0.334 e. The summed E-state index contributed by atoms with van der Waals surface area (Å²) in [6, 6.07) is 14.4. The molecule has 0 saturated heterocycles. The molecule has 0 bridgehead atoms. The third-order valence-corrected chi connectivity index (χ3v) is 3.92. The summed E-state index contributed by atoms with van der Waals surface area (Å²) >= 11 is 0. The van der Waals surface area contributed by atoms with E-state index >= 15 is 0 Å². The maximum Gasteiger partial charge on any atom is 0.260 e. The first kappa shape index (κ1) is 16.6. The zero-order chi connectivity index (χ0) is 18.6. The zero-order valence-electron chi connectivity index (χ0n) is 14.5. The molecule has 132 valence electrons. The van der Waals surface area contributed by atoms with E-state index in [1.165, 1.54) is 6.20 Å². The van der Waals surface area contributed by atoms with Gasteiger partial charge in [-0.2, -0.15) is 4.98 Å². The fourth-order valence-electron chi connectivity index (χ4n) is 2.52. The minimum Gasteiger partial charge on any atom is -0.334 e. The summed E-state index contributed by atoms with van der Waals surface area (Å²) in [5.74, 6) is 0.483. The van der Waals surface area contributed by atoms with Crippen LogP contribution in [0.5, 0.6) is 0 Å². The van der Waals surface area contributed by atoms with Gasteiger partial charge in [-0.3, -0.25) is 14.8 Å². The van der Waals surface area contributed by atoms with Gasteiger partial charge in [0.15, 0.2) is 0 Å². The number of pyridine rings is 2. The number of rotatable bonds is 4. The predicted octanol–water partition coefficient (Wildman–Crippen LogP) is 3.75. The van der Waals surface area contributed by atoms with Gasteiger partial charge in [-0.25, -0.2) is 0 Å². The fraction of sp³-hybridized carbons (Fsp3) is 0.0500. The first-order chi connectivity index (χ1) is 13.2. The topological polar surface area (TPSA) is 93.8 Å². The quantitative estimate of drug-likeness (QED) is 0.598. The van der Waals surface area contributed by atoms with Crippen molar-refractivity contribution in [2.24, 2.45) is 0 Å². The molecule has 0 unspecified atom stereocenters. The highest BCUT2D eigenvalue weighted by atomic mass is 16.5. The molecule has 3 heterocycles. The highest BCUT2D eigenvalue weighted by Gasteiger charge is 2.16. The Morgan fingerprint density at radius 2 is 1.93 bits per heavy atom. The van der Waals surface area contributed by atoms with E-state index in [4.69, 9.17) is 4.52 Å². The number of hydrogen-bond donors (Lipinski definition) is 1. The third-order valence-electron chi connectivity index (χ3n) is 3.92. The van der Waals surface area contributed by atoms with Crippen molar-refractivity contribution in [1.82, 2.24) is 20.1 Å². The van der Waals surface area contributed by atoms with Gasteiger partial charge in [0.05, 0.1) is 16.8 Å². The Kier molecular flexibility index (Phi) is 4.40. The van der Waals surface area contributed by atoms with Crippen LogP contribution in [0.25, 0.3) is 22.8 Å². The normalized spacial score (nSPS) is 10.6. The number of anilines is 1. The minimum atomic E-state index is -0.266. The van der Waals surface area contributed by atoms with Crippen molar-refractivity contribution in [1.29, 1.82) is 0 Å². The second-order valence-corrected chi connectivity index (χ2v) is 5.85. The Morgan fingerprint density at radius 1 is 1.04 bits per heavy atom. The number of hydrogen-bond acceptors (Lipinski definition) is 6. The van der Waals surface area contributed by atoms with Crippen LogP contribution in [0.3, 0.4) is 0 Å². The van der Waals surface area contributed by atoms with Crippen LogP contribution < -0.4 is 5.32 Å². The second kappa shape index (κ2) is 7.17. The lowest BCUT2D eigenvalue weighted by Crippen LogP contribution is -2.12. The van der Waals surface area contributed by atoms with Crippen LogP contribution >= 0.6 is 0 Å². The number of nitrogens with zero attached hydrogens (tertiary/aromatic N) is 4. The molecule has 0 aliphatic rings. The van der Waals surface area contributed by atoms with Gasteiger partial charge >= 0.3 is 0 Å². The Labute approximate surface area is 155 Å². The molecule has 4 aromatic rings. The van der Waals surface area contributed by atoms with Crippen molar-refractivity contribution in [3.05, 3.63) is 78.4 Å². The Bertz CT molecular complexity index is 1070. The summed E-state index contributed by atoms with van der Waals surface area (Å²) in [4.78, 5) is 25.1. The second-order valence-electron chi connectivity index (χ2n) is 5.85. The van der Waals surface area contributed by atoms with Crippen molar-refractivity contribution >= 4 is 11.6 Å². The van der Waals surface area contributed by atoms with E-state index in [0.29, 0.717) is 28.5 Å². The van der Waals surface area contributed by atoms with Crippen molar-refractivity contribution < 1.29 is 9.32 Å². The van der Waals surface area contributed by atoms with Gasteiger partial charge in [-0.1, -0.05) is 17.3 Å². The predicted molar refractivity (Wildman–Crippen MR) is 99.9 cm³/mol. The lowest BCUT2D eigenvalue weighted by molar-refractivity contribution is 0.102. The number of aryl methyl sites for hydroxylation is 1. The first-order valence-corrected chi connectivity index (χ1v) is 8.28. The van der Waals surface area contributed by atoms with Crippen molar-refractivity contribution in [3.63, 3.8) is 0 Å². The van der Waals surface area contributed by atoms with Crippen LogP contribution in [0.2, 0.25) is 0 Å². The van der Waals surface area contributed by atoms with Gasteiger partial charge in [-0.15, -0.1) is 0 Å². The maximum atomic E-state index is 12.4. The van der Waals surface area contributed by atoms with E-state index < -0.39 is 0 Å². The van der Waals surface area contributed by atoms with E-state index in [1.54, 1.807) is 30.6 Å². The van der Waals surface area contributed by atoms with E-state index in [1.807, 2.05) is 37.3 Å². The number of nitrogens with one attached hydrogen (secondary N) is 1. The van der Waals surface area contributed by atoms with Gasteiger partial charge in [0, 0.05) is 29.8 Å². The molecule has 0 aliphatic carbocycles. The van der Waals surface area contributed by atoms with Crippen molar-refractivity contribution in [2.45, 2.75) is 6.92 Å². The van der Waals surface area contributed by atoms with E-state index in [9.17, 15) is 4.79 Å². The zero-order valence-corrected chi connectivity index (χ0v) is 14.5. The highest BCUT2D eigenvalue weighted by molar-refractivity contribution is 6.05. The number of benzene rings is 1. The molecule has 0 radical (unpaired) electrons. The average Bonchev–Trinajstić information content (AvgIpc) is 3.19. The van der Waals surface area contributed by atoms with Crippen LogP contribution in [0.15, 0.2) is 71.6 Å². The summed E-state index contributed by atoms with van der Waals surface area (Å²) in [6.07, 6.45) is 4.82. The molecule has 0 atom stereocenters. The van der Waals surface area contributed by atoms with Gasteiger partial charge in [-0.05, 0) is 43.3 Å². The molecule has 0 aliphatic heterocycles. The van der Waals surface area contributed by atoms with Crippen LogP contribution in [0.4, 0.5) is 5.69 Å². The SMILES string of the molecule is Cc1ccc(-c2noc(-c3ccccc3NC(=O)c3cccnc3)n2)cn1. The lowest BCUT2D eigenvalue weighted by atomic mass is 10.1. The van der Waals surface area contributed by atoms with Crippen LogP contribution in [-0.2, 0) is 0 Å². The third kappa shape index (κ3) is 3.57. The molecule has 3 aromatic heterocycles. The molecule has 7 nitrogen and oxygen atoms in total. The monoisotopic (exact) mass is 357 g/mol. The molecule has 0 saturated carbocycles. The van der Waals surface area contributed by atoms with Crippen molar-refractivity contribution in [2.75, 3.05) is 5.32 Å². The molecule has 1 aromatic carbocycles. The molecule has 1 N–H and O–H groups in total. The summed E-state index contributed by atoms with van der Waals surface area (Å²) in [5, 5.41) is 6.88. The van der Waals surface area contributed by atoms with Gasteiger partial charge in [0.1, 0.15) is 0 Å². The molecule has 27 heavy (non-hydrogen) atoms. The van der Waals surface area contributed by atoms with Gasteiger partial charge < -0.3 is 9.84 Å². The standard InChI is InChI=1S/C20H15N5O2/c1-13-8-9-14(12-22-13)18-24-20(27-25-18)16-6-2-3-7-17(16)23-19(26)15-5-4-10-21-11-15/h2-12H,1H3,(H,23,26). The molecular weight excluding hydrogens is 342 g/mol. The number of amides is 1. The van der Waals surface area contributed by atoms with Crippen LogP contribution in [0.1, 0.15) is 16.1 Å². The average molecular weight is 357 g/mol. The number of carbonyl (C=O) groups excluding carboxylic acids is 1. The van der Waals surface area contributed by atoms with E-state index in [-0.39, 0.29) is 5.91 Å². The van der Waals surface area contributed by atoms with Crippen LogP contribution in [0, 0.1) is 6.92 Å². The number of para-hydroxylation sites is 1. The Morgan fingerprint density at radius 3 is 2.70 bits per heavy atom. The summed E-state index contributed by atoms with van der Waals surface area (Å²) in [7, 11) is 0. The molecular formula is C20H15N5O2.